The Morgan fingerprint density at radius 3 is 2.88 bits per heavy atom. The van der Waals surface area contributed by atoms with Gasteiger partial charge in [-0.1, -0.05) is 18.2 Å². The minimum absolute atomic E-state index is 0.856. The summed E-state index contributed by atoms with van der Waals surface area (Å²) in [5, 5.41) is 5.57. The van der Waals surface area contributed by atoms with Gasteiger partial charge in [0, 0.05) is 17.1 Å². The number of hydrogen-bond donors (Lipinski definition) is 2. The van der Waals surface area contributed by atoms with Crippen molar-refractivity contribution in [1.82, 2.24) is 5.32 Å². The van der Waals surface area contributed by atoms with Gasteiger partial charge in [-0.25, -0.2) is 0 Å². The van der Waals surface area contributed by atoms with Crippen molar-refractivity contribution < 1.29 is 0 Å². The van der Waals surface area contributed by atoms with E-state index in [1.807, 2.05) is 12.1 Å². The molecule has 3 heteroatoms. The maximum atomic E-state index is 5.74. The number of rotatable bonds is 6. The molecular formula is C14H18N2S. The van der Waals surface area contributed by atoms with Crippen LogP contribution in [-0.2, 0) is 13.0 Å². The van der Waals surface area contributed by atoms with Crippen molar-refractivity contribution in [3.63, 3.8) is 0 Å². The second-order valence-corrected chi connectivity index (χ2v) is 5.14. The molecule has 2 aromatic rings. The van der Waals surface area contributed by atoms with Gasteiger partial charge in [0.2, 0.25) is 0 Å². The van der Waals surface area contributed by atoms with Crippen LogP contribution in [0, 0.1) is 0 Å². The Labute approximate surface area is 106 Å². The summed E-state index contributed by atoms with van der Waals surface area (Å²) in [4.78, 5) is 1.40. The predicted octanol–water partition coefficient (Wildman–Crippen LogP) is 3.05. The van der Waals surface area contributed by atoms with Crippen molar-refractivity contribution in [2.45, 2.75) is 19.4 Å². The summed E-state index contributed by atoms with van der Waals surface area (Å²) in [5.74, 6) is 0. The second-order valence-electron chi connectivity index (χ2n) is 4.10. The second kappa shape index (κ2) is 6.42. The molecule has 3 N–H and O–H groups in total. The highest BCUT2D eigenvalue weighted by molar-refractivity contribution is 7.09. The Balaban J connectivity index is 1.63. The molecule has 0 atom stereocenters. The molecule has 17 heavy (non-hydrogen) atoms. The molecule has 0 unspecified atom stereocenters. The summed E-state index contributed by atoms with van der Waals surface area (Å²) >= 11 is 1.80. The lowest BCUT2D eigenvalue weighted by molar-refractivity contribution is 0.654. The van der Waals surface area contributed by atoms with Crippen LogP contribution >= 0.6 is 11.3 Å². The van der Waals surface area contributed by atoms with Crippen LogP contribution < -0.4 is 11.1 Å². The highest BCUT2D eigenvalue weighted by Crippen LogP contribution is 2.09. The number of benzene rings is 1. The minimum atomic E-state index is 0.856. The van der Waals surface area contributed by atoms with Crippen LogP contribution in [0.15, 0.2) is 41.8 Å². The Kier molecular flexibility index (Phi) is 4.59. The van der Waals surface area contributed by atoms with E-state index in [0.717, 1.165) is 31.6 Å². The van der Waals surface area contributed by atoms with Crippen molar-refractivity contribution >= 4 is 17.0 Å². The molecule has 0 radical (unpaired) electrons. The standard InChI is InChI=1S/C14H18N2S/c15-13-6-1-4-12(10-13)5-2-8-16-11-14-7-3-9-17-14/h1,3-4,6-7,9-10,16H,2,5,8,11,15H2. The van der Waals surface area contributed by atoms with E-state index >= 15 is 0 Å². The zero-order valence-corrected chi connectivity index (χ0v) is 10.7. The topological polar surface area (TPSA) is 38.0 Å². The van der Waals surface area contributed by atoms with Gasteiger partial charge in [-0.3, -0.25) is 0 Å². The Bertz CT molecular complexity index is 437. The van der Waals surface area contributed by atoms with Crippen LogP contribution in [-0.4, -0.2) is 6.54 Å². The molecule has 1 aromatic heterocycles. The van der Waals surface area contributed by atoms with E-state index in [1.165, 1.54) is 10.4 Å². The molecule has 0 spiro atoms. The van der Waals surface area contributed by atoms with E-state index in [0.29, 0.717) is 0 Å². The minimum Gasteiger partial charge on any atom is -0.399 e. The largest absolute Gasteiger partial charge is 0.399 e. The van der Waals surface area contributed by atoms with Gasteiger partial charge in [-0.15, -0.1) is 11.3 Å². The Morgan fingerprint density at radius 1 is 1.18 bits per heavy atom. The van der Waals surface area contributed by atoms with Gasteiger partial charge in [0.05, 0.1) is 0 Å². The number of nitrogens with two attached hydrogens (primary N) is 1. The lowest BCUT2D eigenvalue weighted by Crippen LogP contribution is -2.14. The van der Waals surface area contributed by atoms with Crippen LogP contribution in [0.2, 0.25) is 0 Å². The van der Waals surface area contributed by atoms with Gasteiger partial charge in [0.15, 0.2) is 0 Å². The van der Waals surface area contributed by atoms with Gasteiger partial charge in [-0.05, 0) is 48.5 Å². The third-order valence-electron chi connectivity index (χ3n) is 2.65. The lowest BCUT2D eigenvalue weighted by atomic mass is 10.1. The monoisotopic (exact) mass is 246 g/mol. The van der Waals surface area contributed by atoms with Crippen molar-refractivity contribution in [2.75, 3.05) is 12.3 Å². The maximum absolute atomic E-state index is 5.74. The van der Waals surface area contributed by atoms with Gasteiger partial charge in [0.25, 0.3) is 0 Å². The highest BCUT2D eigenvalue weighted by Gasteiger charge is 1.95. The maximum Gasteiger partial charge on any atom is 0.0316 e. The zero-order valence-electron chi connectivity index (χ0n) is 9.86. The molecule has 2 rings (SSSR count). The molecule has 2 nitrogen and oxygen atoms in total. The average Bonchev–Trinajstić information content (AvgIpc) is 2.82. The first-order chi connectivity index (χ1) is 8.34. The Hall–Kier alpha value is -1.32. The lowest BCUT2D eigenvalue weighted by Gasteiger charge is -2.04. The summed E-state index contributed by atoms with van der Waals surface area (Å²) in [6, 6.07) is 12.4. The fourth-order valence-electron chi connectivity index (χ4n) is 1.79. The average molecular weight is 246 g/mol. The summed E-state index contributed by atoms with van der Waals surface area (Å²) in [6.45, 7) is 2.03. The van der Waals surface area contributed by atoms with Crippen LogP contribution in [0.5, 0.6) is 0 Å². The number of aryl methyl sites for hydroxylation is 1. The number of thiophene rings is 1. The van der Waals surface area contributed by atoms with Crippen LogP contribution in [0.25, 0.3) is 0 Å². The van der Waals surface area contributed by atoms with E-state index in [2.05, 4.69) is 35.0 Å². The van der Waals surface area contributed by atoms with Crippen molar-refractivity contribution in [2.24, 2.45) is 0 Å². The van der Waals surface area contributed by atoms with Crippen molar-refractivity contribution in [3.8, 4) is 0 Å². The first-order valence-electron chi connectivity index (χ1n) is 5.92. The first kappa shape index (κ1) is 12.1. The molecule has 0 aliphatic heterocycles. The number of nitrogen functional groups attached to an aromatic ring is 1. The molecule has 0 fully saturated rings. The molecule has 0 amide bonds. The third kappa shape index (κ3) is 4.21. The molecule has 1 heterocycles. The van der Waals surface area contributed by atoms with Crippen LogP contribution in [0.1, 0.15) is 16.9 Å². The summed E-state index contributed by atoms with van der Waals surface area (Å²) in [5.41, 5.74) is 7.92. The summed E-state index contributed by atoms with van der Waals surface area (Å²) < 4.78 is 0. The van der Waals surface area contributed by atoms with E-state index in [9.17, 15) is 0 Å². The van der Waals surface area contributed by atoms with Crippen molar-refractivity contribution in [1.29, 1.82) is 0 Å². The van der Waals surface area contributed by atoms with E-state index < -0.39 is 0 Å². The van der Waals surface area contributed by atoms with Crippen LogP contribution in [0.3, 0.4) is 0 Å². The van der Waals surface area contributed by atoms with Gasteiger partial charge in [-0.2, -0.15) is 0 Å². The quantitative estimate of drug-likeness (QED) is 0.607. The molecule has 0 bridgehead atoms. The smallest absolute Gasteiger partial charge is 0.0316 e. The van der Waals surface area contributed by atoms with Gasteiger partial charge in [0.1, 0.15) is 0 Å². The van der Waals surface area contributed by atoms with E-state index in [4.69, 9.17) is 5.73 Å². The number of hydrogen-bond acceptors (Lipinski definition) is 3. The third-order valence-corrected chi connectivity index (χ3v) is 3.53. The van der Waals surface area contributed by atoms with Crippen LogP contribution in [0.4, 0.5) is 5.69 Å². The fourth-order valence-corrected chi connectivity index (χ4v) is 2.47. The SMILES string of the molecule is Nc1cccc(CCCNCc2cccs2)c1. The highest BCUT2D eigenvalue weighted by atomic mass is 32.1. The zero-order chi connectivity index (χ0) is 11.9. The predicted molar refractivity (Wildman–Crippen MR) is 75.2 cm³/mol. The van der Waals surface area contributed by atoms with E-state index in [-0.39, 0.29) is 0 Å². The molecule has 0 aliphatic carbocycles. The molecule has 1 aromatic carbocycles. The van der Waals surface area contributed by atoms with E-state index in [1.54, 1.807) is 11.3 Å². The van der Waals surface area contributed by atoms with Gasteiger partial charge < -0.3 is 11.1 Å². The number of nitrogens with one attached hydrogen (secondary N) is 1. The number of anilines is 1. The molecule has 0 aliphatic rings. The van der Waals surface area contributed by atoms with Gasteiger partial charge >= 0.3 is 0 Å². The molecule has 0 saturated heterocycles. The molecule has 0 saturated carbocycles. The molecular weight excluding hydrogens is 228 g/mol. The fraction of sp³-hybridized carbons (Fsp3) is 0.286. The Morgan fingerprint density at radius 2 is 2.12 bits per heavy atom. The summed E-state index contributed by atoms with van der Waals surface area (Å²) in [6.07, 6.45) is 2.23. The normalized spacial score (nSPS) is 10.6. The summed E-state index contributed by atoms with van der Waals surface area (Å²) in [7, 11) is 0. The first-order valence-corrected chi connectivity index (χ1v) is 6.80. The molecule has 90 valence electrons. The van der Waals surface area contributed by atoms with Crippen molar-refractivity contribution in [3.05, 3.63) is 52.2 Å².